The van der Waals surface area contributed by atoms with Crippen LogP contribution in [0.1, 0.15) is 50.2 Å². The number of nitrogens with zero attached hydrogens (tertiary/aromatic N) is 4. The number of fused-ring (bicyclic) bond motifs is 10. The van der Waals surface area contributed by atoms with E-state index in [2.05, 4.69) is 97.8 Å². The van der Waals surface area contributed by atoms with Crippen molar-refractivity contribution in [3.05, 3.63) is 83.4 Å². The summed E-state index contributed by atoms with van der Waals surface area (Å²) >= 11 is 0. The second-order valence-corrected chi connectivity index (χ2v) is 9.33. The first-order chi connectivity index (χ1) is 14.2. The molecule has 4 nitrogen and oxygen atoms in total. The zero-order valence-electron chi connectivity index (χ0n) is 18.7. The Balaban J connectivity index is 0.00000231. The van der Waals surface area contributed by atoms with Crippen LogP contribution in [0.2, 0.25) is 0 Å². The van der Waals surface area contributed by atoms with Crippen molar-refractivity contribution in [3.8, 4) is 22.8 Å². The third-order valence-corrected chi connectivity index (χ3v) is 6.46. The molecule has 1 aliphatic rings. The van der Waals surface area contributed by atoms with Crippen molar-refractivity contribution in [2.75, 3.05) is 0 Å². The van der Waals surface area contributed by atoms with E-state index in [1.807, 2.05) is 14.1 Å². The number of benzene rings is 2. The van der Waals surface area contributed by atoms with Gasteiger partial charge in [-0.25, -0.2) is 21.1 Å². The third-order valence-electron chi connectivity index (χ3n) is 6.46. The molecule has 0 aliphatic carbocycles. The molecule has 5 rings (SSSR count). The van der Waals surface area contributed by atoms with E-state index in [1.54, 1.807) is 0 Å². The predicted molar refractivity (Wildman–Crippen MR) is 119 cm³/mol. The molecule has 4 aromatic rings. The van der Waals surface area contributed by atoms with Gasteiger partial charge in [0.15, 0.2) is 11.6 Å². The molecular weight excluding hydrogens is 563 g/mol. The van der Waals surface area contributed by atoms with Crippen molar-refractivity contribution < 1.29 is 21.1 Å². The Hall–Kier alpha value is -2.45. The molecule has 0 amide bonds. The van der Waals surface area contributed by atoms with Crippen molar-refractivity contribution in [2.45, 2.75) is 38.5 Å². The van der Waals surface area contributed by atoms with Crippen LogP contribution < -0.4 is 0 Å². The molecule has 3 heterocycles. The Bertz CT molecular complexity index is 1180. The van der Waals surface area contributed by atoms with Crippen molar-refractivity contribution in [2.24, 2.45) is 14.1 Å². The van der Waals surface area contributed by atoms with Crippen molar-refractivity contribution in [1.82, 2.24) is 19.1 Å². The van der Waals surface area contributed by atoms with Crippen LogP contribution in [0.3, 0.4) is 0 Å². The molecule has 0 fully saturated rings. The first kappa shape index (κ1) is 21.8. The van der Waals surface area contributed by atoms with Gasteiger partial charge in [0, 0.05) is 37.3 Å². The second-order valence-electron chi connectivity index (χ2n) is 9.33. The fraction of sp³-hybridized carbons (Fsp3) is 0.308. The summed E-state index contributed by atoms with van der Waals surface area (Å²) < 4.78 is 4.15. The number of rotatable bonds is 0. The molecule has 31 heavy (non-hydrogen) atoms. The quantitative estimate of drug-likeness (QED) is 0.269. The largest absolute Gasteiger partial charge is 2.00 e. The summed E-state index contributed by atoms with van der Waals surface area (Å²) in [6.45, 7) is 8.81. The van der Waals surface area contributed by atoms with Gasteiger partial charge in [0.25, 0.3) is 0 Å². The van der Waals surface area contributed by atoms with Crippen LogP contribution in [0.5, 0.6) is 0 Å². The van der Waals surface area contributed by atoms with Gasteiger partial charge in [-0.05, 0) is 0 Å². The van der Waals surface area contributed by atoms with Gasteiger partial charge in [0.1, 0.15) is 0 Å². The van der Waals surface area contributed by atoms with Gasteiger partial charge >= 0.3 is 21.1 Å². The third kappa shape index (κ3) is 3.32. The number of hydrogen-bond acceptors (Lipinski definition) is 2. The summed E-state index contributed by atoms with van der Waals surface area (Å²) in [6, 6.07) is 20.0. The minimum atomic E-state index is -0.291. The topological polar surface area (TPSA) is 35.6 Å². The zero-order valence-corrected chi connectivity index (χ0v) is 21.0. The van der Waals surface area contributed by atoms with E-state index >= 15 is 0 Å². The molecule has 0 spiro atoms. The first-order valence-electron chi connectivity index (χ1n) is 10.3. The fourth-order valence-electron chi connectivity index (χ4n) is 4.21. The van der Waals surface area contributed by atoms with Crippen LogP contribution in [0.4, 0.5) is 0 Å². The molecule has 8 bridgehead atoms. The summed E-state index contributed by atoms with van der Waals surface area (Å²) in [7, 11) is 4.08. The normalized spacial score (nSPS) is 15.7. The molecule has 0 N–H and O–H groups in total. The average molecular weight is 590 g/mol. The predicted octanol–water partition coefficient (Wildman–Crippen LogP) is 5.05. The molecule has 0 saturated heterocycles. The van der Waals surface area contributed by atoms with Crippen LogP contribution in [0, 0.1) is 12.1 Å². The Morgan fingerprint density at radius 2 is 1.06 bits per heavy atom. The van der Waals surface area contributed by atoms with E-state index in [0.717, 1.165) is 45.3 Å². The standard InChI is InChI=1S/C26H26N4.Pt/c1-25(2)19-11-7-9-17(13-19)18-10-8-12-20(14-18)26(3,4)22-16-30(6)24(28-22)23-27-21(25)15-29(23)5;/h7-12,15-16H,1-6H3;/q-2;+2. The molecular formula is C26H26N4Pt. The van der Waals surface area contributed by atoms with Gasteiger partial charge in [-0.15, -0.1) is 23.3 Å². The van der Waals surface area contributed by atoms with E-state index < -0.39 is 0 Å². The SMILES string of the molecule is Cn1cc2nc1-c1nc(cn1C)C(C)(C)c1[c-]c(ccc1)-c1[c-]c(ccc1)C2(C)C.[Pt+2]. The van der Waals surface area contributed by atoms with Crippen molar-refractivity contribution in [3.63, 3.8) is 0 Å². The number of imidazole rings is 2. The maximum atomic E-state index is 5.04. The molecule has 2 aromatic carbocycles. The van der Waals surface area contributed by atoms with Gasteiger partial charge in [0.05, 0.1) is 11.4 Å². The Morgan fingerprint density at radius 1 is 0.677 bits per heavy atom. The van der Waals surface area contributed by atoms with Gasteiger partial charge in [-0.3, -0.25) is 0 Å². The molecule has 0 radical (unpaired) electrons. The van der Waals surface area contributed by atoms with Gasteiger partial charge < -0.3 is 9.13 Å². The molecule has 0 unspecified atom stereocenters. The fourth-order valence-corrected chi connectivity index (χ4v) is 4.21. The van der Waals surface area contributed by atoms with Crippen LogP contribution in [-0.4, -0.2) is 19.1 Å². The average Bonchev–Trinajstić information content (AvgIpc) is 3.31. The van der Waals surface area contributed by atoms with Gasteiger partial charge in [0.2, 0.25) is 0 Å². The number of aromatic nitrogens is 4. The van der Waals surface area contributed by atoms with Crippen LogP contribution in [0.15, 0.2) is 48.8 Å². The van der Waals surface area contributed by atoms with Gasteiger partial charge in [-0.2, -0.15) is 36.4 Å². The van der Waals surface area contributed by atoms with E-state index in [0.29, 0.717) is 0 Å². The van der Waals surface area contributed by atoms with Crippen molar-refractivity contribution >= 4 is 0 Å². The molecule has 0 atom stereocenters. The second kappa shape index (κ2) is 7.31. The minimum Gasteiger partial charge on any atom is -0.331 e. The smallest absolute Gasteiger partial charge is 0.331 e. The summed E-state index contributed by atoms with van der Waals surface area (Å²) in [6.07, 6.45) is 4.22. The molecule has 160 valence electrons. The molecule has 1 aliphatic heterocycles. The molecule has 5 heteroatoms. The number of aryl methyl sites for hydroxylation is 2. The van der Waals surface area contributed by atoms with Crippen LogP contribution in [-0.2, 0) is 46.0 Å². The van der Waals surface area contributed by atoms with E-state index in [-0.39, 0.29) is 31.9 Å². The summed E-state index contributed by atoms with van der Waals surface area (Å²) in [5.41, 5.74) is 5.75. The van der Waals surface area contributed by atoms with Crippen LogP contribution in [0.25, 0.3) is 22.8 Å². The Labute approximate surface area is 198 Å². The summed E-state index contributed by atoms with van der Waals surface area (Å²) in [5, 5.41) is 0. The van der Waals surface area contributed by atoms with Crippen molar-refractivity contribution in [1.29, 1.82) is 0 Å². The van der Waals surface area contributed by atoms with E-state index in [1.165, 1.54) is 0 Å². The summed E-state index contributed by atoms with van der Waals surface area (Å²) in [4.78, 5) is 10.1. The Morgan fingerprint density at radius 3 is 1.45 bits per heavy atom. The molecule has 0 saturated carbocycles. The van der Waals surface area contributed by atoms with Gasteiger partial charge in [-0.1, -0.05) is 27.7 Å². The minimum absolute atomic E-state index is 0. The maximum Gasteiger partial charge on any atom is 2.00 e. The monoisotopic (exact) mass is 589 g/mol. The summed E-state index contributed by atoms with van der Waals surface area (Å²) in [5.74, 6) is 1.74. The molecule has 2 aromatic heterocycles. The van der Waals surface area contributed by atoms with Crippen LogP contribution >= 0.6 is 0 Å². The first-order valence-corrected chi connectivity index (χ1v) is 10.3. The van der Waals surface area contributed by atoms with E-state index in [9.17, 15) is 0 Å². The zero-order chi connectivity index (χ0) is 21.3. The van der Waals surface area contributed by atoms with E-state index in [4.69, 9.17) is 9.97 Å². The Kier molecular flexibility index (Phi) is 5.13. The number of hydrogen-bond donors (Lipinski definition) is 0. The maximum absolute atomic E-state index is 5.04.